The Hall–Kier alpha value is 0.160. The number of likely N-dealkylation sites (N-methyl/N-ethyl adjacent to an activating group) is 1. The first-order chi connectivity index (χ1) is 5.71. The average Bonchev–Trinajstić information content (AvgIpc) is 2.27. The molecular weight excluding hydrogens is 279 g/mol. The van der Waals surface area contributed by atoms with Crippen LogP contribution >= 0.6 is 0 Å². The summed E-state index contributed by atoms with van der Waals surface area (Å²) >= 11 is 0. The van der Waals surface area contributed by atoms with Crippen LogP contribution in [0.5, 0.6) is 0 Å². The third-order valence-electron chi connectivity index (χ3n) is 3.45. The van der Waals surface area contributed by atoms with Gasteiger partial charge in [-0.05, 0) is 0 Å². The summed E-state index contributed by atoms with van der Waals surface area (Å²) in [6, 6.07) is 0.604. The summed E-state index contributed by atoms with van der Waals surface area (Å²) < 4.78 is 1.12. The van der Waals surface area contributed by atoms with E-state index < -0.39 is 0 Å². The molecule has 0 aromatic carbocycles. The molecule has 2 unspecified atom stereocenters. The molecule has 1 amide bonds. The summed E-state index contributed by atoms with van der Waals surface area (Å²) in [5, 5.41) is 2.94. The fourth-order valence-electron chi connectivity index (χ4n) is 2.54. The highest BCUT2D eigenvalue weighted by Crippen LogP contribution is 2.27. The second kappa shape index (κ2) is 4.13. The lowest BCUT2D eigenvalue weighted by Crippen LogP contribution is -3.00. The molecule has 0 bridgehead atoms. The van der Waals surface area contributed by atoms with Gasteiger partial charge >= 0.3 is 0 Å². The average molecular weight is 296 g/mol. The van der Waals surface area contributed by atoms with Crippen molar-refractivity contribution in [1.82, 2.24) is 5.32 Å². The van der Waals surface area contributed by atoms with Gasteiger partial charge in [0, 0.05) is 12.8 Å². The molecule has 0 aromatic rings. The van der Waals surface area contributed by atoms with Crippen LogP contribution in [0, 0.1) is 0 Å². The van der Waals surface area contributed by atoms with Crippen molar-refractivity contribution in [2.24, 2.45) is 0 Å². The molecule has 2 heterocycles. The van der Waals surface area contributed by atoms with Crippen molar-refractivity contribution in [1.29, 1.82) is 0 Å². The maximum atomic E-state index is 11.2. The zero-order valence-electron chi connectivity index (χ0n) is 8.05. The number of quaternary nitrogens is 1. The van der Waals surface area contributed by atoms with Gasteiger partial charge in [0.15, 0.2) is 0 Å². The first kappa shape index (κ1) is 11.2. The largest absolute Gasteiger partial charge is 1.00 e. The molecule has 3 nitrogen and oxygen atoms in total. The first-order valence-electron chi connectivity index (χ1n) is 4.82. The minimum Gasteiger partial charge on any atom is -1.00 e. The molecule has 2 saturated heterocycles. The molecule has 2 fully saturated rings. The summed E-state index contributed by atoms with van der Waals surface area (Å²) in [5.74, 6) is 0.253. The van der Waals surface area contributed by atoms with Crippen molar-refractivity contribution in [3.05, 3.63) is 0 Å². The summed E-state index contributed by atoms with van der Waals surface area (Å²) in [7, 11) is 2.29. The van der Waals surface area contributed by atoms with Crippen molar-refractivity contribution in [3.8, 4) is 0 Å². The van der Waals surface area contributed by atoms with E-state index in [1.807, 2.05) is 0 Å². The molecule has 2 atom stereocenters. The number of hydrogen-bond donors (Lipinski definition) is 1. The van der Waals surface area contributed by atoms with E-state index in [0.29, 0.717) is 6.04 Å². The molecular formula is C9H17IN2O. The molecule has 2 rings (SSSR count). The Labute approximate surface area is 96.5 Å². The fraction of sp³-hybridized carbons (Fsp3) is 0.889. The SMILES string of the molecule is C[N+]12CCCC1CC(=O)NCC2.[I-]. The van der Waals surface area contributed by atoms with Crippen LogP contribution in [0.25, 0.3) is 0 Å². The molecule has 0 spiro atoms. The zero-order valence-corrected chi connectivity index (χ0v) is 10.2. The van der Waals surface area contributed by atoms with E-state index in [1.54, 1.807) is 0 Å². The standard InChI is InChI=1S/C9H16N2O.HI/c1-11-5-2-3-8(11)7-9(12)10-4-6-11;/h8H,2-7H2,1H3;1H. The molecule has 2 aliphatic rings. The number of rotatable bonds is 0. The molecule has 0 aromatic heterocycles. The van der Waals surface area contributed by atoms with Crippen molar-refractivity contribution in [2.75, 3.05) is 26.7 Å². The van der Waals surface area contributed by atoms with Crippen molar-refractivity contribution >= 4 is 5.91 Å². The summed E-state index contributed by atoms with van der Waals surface area (Å²) in [6.07, 6.45) is 3.29. The van der Waals surface area contributed by atoms with Gasteiger partial charge in [-0.15, -0.1) is 0 Å². The number of carbonyl (C=O) groups excluding carboxylic acids is 1. The molecule has 2 aliphatic heterocycles. The van der Waals surface area contributed by atoms with Crippen molar-refractivity contribution in [2.45, 2.75) is 25.3 Å². The van der Waals surface area contributed by atoms with Gasteiger partial charge in [0.2, 0.25) is 5.91 Å². The van der Waals surface area contributed by atoms with Crippen LogP contribution in [-0.4, -0.2) is 43.1 Å². The normalized spacial score (nSPS) is 38.5. The lowest BCUT2D eigenvalue weighted by Gasteiger charge is -2.33. The van der Waals surface area contributed by atoms with Gasteiger partial charge < -0.3 is 33.8 Å². The van der Waals surface area contributed by atoms with Gasteiger partial charge in [0.1, 0.15) is 0 Å². The summed E-state index contributed by atoms with van der Waals surface area (Å²) in [5.41, 5.74) is 0. The van der Waals surface area contributed by atoms with Gasteiger partial charge in [0.05, 0.1) is 39.1 Å². The Morgan fingerprint density at radius 3 is 3.00 bits per heavy atom. The topological polar surface area (TPSA) is 29.1 Å². The molecule has 0 aliphatic carbocycles. The third kappa shape index (κ3) is 2.15. The van der Waals surface area contributed by atoms with Gasteiger partial charge in [-0.3, -0.25) is 4.79 Å². The van der Waals surface area contributed by atoms with E-state index in [9.17, 15) is 4.79 Å². The van der Waals surface area contributed by atoms with Gasteiger partial charge in [-0.25, -0.2) is 0 Å². The Bertz CT molecular complexity index is 210. The maximum Gasteiger partial charge on any atom is 0.226 e. The number of hydrogen-bond acceptors (Lipinski definition) is 1. The lowest BCUT2D eigenvalue weighted by molar-refractivity contribution is -0.918. The number of nitrogens with zero attached hydrogens (tertiary/aromatic N) is 1. The number of fused-ring (bicyclic) bond motifs is 1. The molecule has 13 heavy (non-hydrogen) atoms. The smallest absolute Gasteiger partial charge is 0.226 e. The van der Waals surface area contributed by atoms with Crippen LogP contribution in [0.4, 0.5) is 0 Å². The monoisotopic (exact) mass is 296 g/mol. The van der Waals surface area contributed by atoms with Crippen LogP contribution < -0.4 is 29.3 Å². The number of nitrogens with one attached hydrogen (secondary N) is 1. The molecule has 4 heteroatoms. The van der Waals surface area contributed by atoms with Crippen LogP contribution in [0.1, 0.15) is 19.3 Å². The highest BCUT2D eigenvalue weighted by Gasteiger charge is 2.40. The van der Waals surface area contributed by atoms with Crippen LogP contribution in [0.15, 0.2) is 0 Å². The number of amides is 1. The second-order valence-electron chi connectivity index (χ2n) is 4.28. The quantitative estimate of drug-likeness (QED) is 0.378. The minimum absolute atomic E-state index is 0. The molecule has 0 saturated carbocycles. The number of halogens is 1. The van der Waals surface area contributed by atoms with E-state index >= 15 is 0 Å². The highest BCUT2D eigenvalue weighted by molar-refractivity contribution is 5.76. The van der Waals surface area contributed by atoms with Gasteiger partial charge in [0.25, 0.3) is 0 Å². The van der Waals surface area contributed by atoms with Crippen molar-refractivity contribution < 1.29 is 33.3 Å². The third-order valence-corrected chi connectivity index (χ3v) is 3.45. The predicted molar refractivity (Wildman–Crippen MR) is 46.6 cm³/mol. The molecule has 0 radical (unpaired) electrons. The number of carbonyl (C=O) groups is 1. The van der Waals surface area contributed by atoms with Crippen molar-refractivity contribution in [3.63, 3.8) is 0 Å². The molecule has 76 valence electrons. The maximum absolute atomic E-state index is 11.2. The molecule has 1 N–H and O–H groups in total. The predicted octanol–water partition coefficient (Wildman–Crippen LogP) is -2.88. The van der Waals surface area contributed by atoms with Gasteiger partial charge in [-0.1, -0.05) is 0 Å². The first-order valence-corrected chi connectivity index (χ1v) is 4.82. The zero-order chi connectivity index (χ0) is 8.60. The lowest BCUT2D eigenvalue weighted by atomic mass is 10.1. The van der Waals surface area contributed by atoms with E-state index in [2.05, 4.69) is 12.4 Å². The van der Waals surface area contributed by atoms with Gasteiger partial charge in [-0.2, -0.15) is 0 Å². The summed E-state index contributed by atoms with van der Waals surface area (Å²) in [4.78, 5) is 11.2. The summed E-state index contributed by atoms with van der Waals surface area (Å²) in [6.45, 7) is 3.25. The van der Waals surface area contributed by atoms with E-state index in [4.69, 9.17) is 0 Å². The second-order valence-corrected chi connectivity index (χ2v) is 4.28. The Morgan fingerprint density at radius 2 is 2.23 bits per heavy atom. The van der Waals surface area contributed by atoms with Crippen LogP contribution in [-0.2, 0) is 4.79 Å². The van der Waals surface area contributed by atoms with E-state index in [0.717, 1.165) is 24.0 Å². The Morgan fingerprint density at radius 1 is 1.46 bits per heavy atom. The Kier molecular flexibility index (Phi) is 3.57. The fourth-order valence-corrected chi connectivity index (χ4v) is 2.54. The Balaban J connectivity index is 0.000000845. The minimum atomic E-state index is 0. The van der Waals surface area contributed by atoms with E-state index in [-0.39, 0.29) is 29.9 Å². The highest BCUT2D eigenvalue weighted by atomic mass is 127. The van der Waals surface area contributed by atoms with E-state index in [1.165, 1.54) is 19.4 Å². The van der Waals surface area contributed by atoms with Crippen LogP contribution in [0.2, 0.25) is 0 Å². The van der Waals surface area contributed by atoms with Crippen LogP contribution in [0.3, 0.4) is 0 Å².